The first kappa shape index (κ1) is 8.78. The molecular weight excluding hydrogens is 188 g/mol. The van der Waals surface area contributed by atoms with Gasteiger partial charge in [-0.05, 0) is 25.0 Å². The smallest absolute Gasteiger partial charge is 0.152 e. The van der Waals surface area contributed by atoms with Crippen molar-refractivity contribution in [3.8, 4) is 0 Å². The fourth-order valence-corrected chi connectivity index (χ4v) is 1.40. The van der Waals surface area contributed by atoms with Gasteiger partial charge in [0, 0.05) is 12.7 Å². The van der Waals surface area contributed by atoms with Crippen LogP contribution in [0.3, 0.4) is 0 Å². The maximum Gasteiger partial charge on any atom is 0.152 e. The lowest BCUT2D eigenvalue weighted by Crippen LogP contribution is -2.30. The summed E-state index contributed by atoms with van der Waals surface area (Å²) in [6, 6.07) is 3.69. The van der Waals surface area contributed by atoms with E-state index in [9.17, 15) is 0 Å². The van der Waals surface area contributed by atoms with Crippen molar-refractivity contribution in [2.24, 2.45) is 0 Å². The third kappa shape index (κ3) is 2.11. The van der Waals surface area contributed by atoms with Crippen molar-refractivity contribution in [3.05, 3.63) is 23.4 Å². The molecule has 0 radical (unpaired) electrons. The van der Waals surface area contributed by atoms with E-state index < -0.39 is 0 Å². The Bertz CT molecular complexity index is 269. The number of aromatic nitrogens is 1. The standard InChI is InChI=1S/C9H11ClN2O/c10-8-3-4-9(11-7-8)12-5-1-2-6-13-12/h3-4,7H,1-2,5-6H2. The number of rotatable bonds is 1. The normalized spacial score (nSPS) is 17.5. The van der Waals surface area contributed by atoms with Gasteiger partial charge in [-0.2, -0.15) is 0 Å². The molecule has 0 bridgehead atoms. The highest BCUT2D eigenvalue weighted by atomic mass is 35.5. The van der Waals surface area contributed by atoms with Crippen molar-refractivity contribution in [2.45, 2.75) is 12.8 Å². The van der Waals surface area contributed by atoms with Crippen molar-refractivity contribution in [3.63, 3.8) is 0 Å². The second kappa shape index (κ2) is 3.94. The van der Waals surface area contributed by atoms with Gasteiger partial charge in [0.1, 0.15) is 0 Å². The Labute approximate surface area is 82.2 Å². The number of pyridine rings is 1. The summed E-state index contributed by atoms with van der Waals surface area (Å²) in [6.45, 7) is 1.69. The molecule has 1 aromatic rings. The van der Waals surface area contributed by atoms with Gasteiger partial charge in [0.15, 0.2) is 5.82 Å². The van der Waals surface area contributed by atoms with Crippen LogP contribution in [-0.2, 0) is 4.84 Å². The Hall–Kier alpha value is -0.800. The van der Waals surface area contributed by atoms with E-state index in [1.807, 2.05) is 17.2 Å². The molecule has 1 aliphatic heterocycles. The van der Waals surface area contributed by atoms with E-state index in [1.165, 1.54) is 0 Å². The van der Waals surface area contributed by atoms with Gasteiger partial charge in [-0.25, -0.2) is 10.0 Å². The lowest BCUT2D eigenvalue weighted by Gasteiger charge is -2.26. The molecule has 70 valence electrons. The van der Waals surface area contributed by atoms with Crippen LogP contribution < -0.4 is 5.06 Å². The molecule has 0 N–H and O–H groups in total. The summed E-state index contributed by atoms with van der Waals surface area (Å²) in [5, 5.41) is 2.47. The Kier molecular flexibility index (Phi) is 2.66. The quantitative estimate of drug-likeness (QED) is 0.692. The van der Waals surface area contributed by atoms with Gasteiger partial charge in [-0.3, -0.25) is 4.84 Å². The zero-order valence-corrected chi connectivity index (χ0v) is 8.00. The summed E-state index contributed by atoms with van der Waals surface area (Å²) >= 11 is 5.73. The maximum absolute atomic E-state index is 5.73. The molecule has 4 heteroatoms. The van der Waals surface area contributed by atoms with Gasteiger partial charge in [0.05, 0.1) is 11.6 Å². The summed E-state index contributed by atoms with van der Waals surface area (Å²) in [7, 11) is 0. The first-order valence-corrected chi connectivity index (χ1v) is 4.76. The Morgan fingerprint density at radius 1 is 1.38 bits per heavy atom. The van der Waals surface area contributed by atoms with Crippen molar-refractivity contribution in [1.82, 2.24) is 4.98 Å². The van der Waals surface area contributed by atoms with Crippen LogP contribution in [0.15, 0.2) is 18.3 Å². The maximum atomic E-state index is 5.73. The Morgan fingerprint density at radius 3 is 2.92 bits per heavy atom. The molecule has 0 aliphatic carbocycles. The molecule has 13 heavy (non-hydrogen) atoms. The van der Waals surface area contributed by atoms with E-state index in [2.05, 4.69) is 4.98 Å². The van der Waals surface area contributed by atoms with Crippen LogP contribution in [-0.4, -0.2) is 18.1 Å². The molecule has 1 fully saturated rings. The van der Waals surface area contributed by atoms with Gasteiger partial charge in [0.25, 0.3) is 0 Å². The third-order valence-electron chi connectivity index (χ3n) is 1.97. The minimum absolute atomic E-state index is 0.653. The average Bonchev–Trinajstić information content (AvgIpc) is 2.20. The highest BCUT2D eigenvalue weighted by Gasteiger charge is 2.12. The van der Waals surface area contributed by atoms with E-state index >= 15 is 0 Å². The number of hydroxylamine groups is 1. The van der Waals surface area contributed by atoms with Gasteiger partial charge in [0.2, 0.25) is 0 Å². The molecule has 0 aromatic carbocycles. The molecule has 0 spiro atoms. The number of hydrogen-bond acceptors (Lipinski definition) is 3. The first-order chi connectivity index (χ1) is 6.36. The molecule has 2 rings (SSSR count). The van der Waals surface area contributed by atoms with Crippen LogP contribution >= 0.6 is 11.6 Å². The van der Waals surface area contributed by atoms with E-state index in [-0.39, 0.29) is 0 Å². The summed E-state index contributed by atoms with van der Waals surface area (Å²) in [5.74, 6) is 0.837. The lowest BCUT2D eigenvalue weighted by atomic mass is 10.3. The topological polar surface area (TPSA) is 25.4 Å². The summed E-state index contributed by atoms with van der Waals surface area (Å²) < 4.78 is 0. The van der Waals surface area contributed by atoms with E-state index in [0.29, 0.717) is 5.02 Å². The number of hydrogen-bond donors (Lipinski definition) is 0. The van der Waals surface area contributed by atoms with E-state index in [4.69, 9.17) is 16.4 Å². The monoisotopic (exact) mass is 198 g/mol. The molecule has 1 aromatic heterocycles. The molecule has 3 nitrogen and oxygen atoms in total. The third-order valence-corrected chi connectivity index (χ3v) is 2.19. The van der Waals surface area contributed by atoms with Crippen LogP contribution in [0.1, 0.15) is 12.8 Å². The zero-order valence-electron chi connectivity index (χ0n) is 7.24. The van der Waals surface area contributed by atoms with Gasteiger partial charge in [-0.15, -0.1) is 0 Å². The molecule has 1 saturated heterocycles. The van der Waals surface area contributed by atoms with E-state index in [0.717, 1.165) is 31.8 Å². The van der Waals surface area contributed by atoms with Gasteiger partial charge < -0.3 is 0 Å². The SMILES string of the molecule is Clc1ccc(N2CCCCO2)nc1. The first-order valence-electron chi connectivity index (χ1n) is 4.38. The average molecular weight is 199 g/mol. The van der Waals surface area contributed by atoms with Crippen LogP contribution in [0.5, 0.6) is 0 Å². The summed E-state index contributed by atoms with van der Waals surface area (Å²) in [6.07, 6.45) is 3.92. The Balaban J connectivity index is 2.10. The second-order valence-corrected chi connectivity index (χ2v) is 3.41. The van der Waals surface area contributed by atoms with Crippen LogP contribution in [0, 0.1) is 0 Å². The van der Waals surface area contributed by atoms with Crippen LogP contribution in [0.2, 0.25) is 5.02 Å². The molecule has 1 aliphatic rings. The fraction of sp³-hybridized carbons (Fsp3) is 0.444. The number of anilines is 1. The minimum atomic E-state index is 0.653. The number of nitrogens with zero attached hydrogens (tertiary/aromatic N) is 2. The largest absolute Gasteiger partial charge is 0.272 e. The zero-order chi connectivity index (χ0) is 9.10. The molecule has 0 unspecified atom stereocenters. The fourth-order valence-electron chi connectivity index (χ4n) is 1.29. The van der Waals surface area contributed by atoms with Gasteiger partial charge >= 0.3 is 0 Å². The molecular formula is C9H11ClN2O. The summed E-state index contributed by atoms with van der Waals surface area (Å²) in [5.41, 5.74) is 0. The lowest BCUT2D eigenvalue weighted by molar-refractivity contribution is 0.0761. The highest BCUT2D eigenvalue weighted by Crippen LogP contribution is 2.17. The van der Waals surface area contributed by atoms with Gasteiger partial charge in [-0.1, -0.05) is 11.6 Å². The second-order valence-electron chi connectivity index (χ2n) is 2.98. The molecule has 0 amide bonds. The highest BCUT2D eigenvalue weighted by molar-refractivity contribution is 6.30. The Morgan fingerprint density at radius 2 is 2.31 bits per heavy atom. The predicted octanol–water partition coefficient (Wildman–Crippen LogP) is 2.27. The van der Waals surface area contributed by atoms with E-state index in [1.54, 1.807) is 6.20 Å². The molecule has 2 heterocycles. The van der Waals surface area contributed by atoms with Crippen molar-refractivity contribution in [1.29, 1.82) is 0 Å². The van der Waals surface area contributed by atoms with Crippen molar-refractivity contribution >= 4 is 17.4 Å². The minimum Gasteiger partial charge on any atom is -0.272 e. The number of halogens is 1. The van der Waals surface area contributed by atoms with Crippen LogP contribution in [0.4, 0.5) is 5.82 Å². The van der Waals surface area contributed by atoms with Crippen molar-refractivity contribution in [2.75, 3.05) is 18.2 Å². The van der Waals surface area contributed by atoms with Crippen molar-refractivity contribution < 1.29 is 4.84 Å². The summed E-state index contributed by atoms with van der Waals surface area (Å²) in [4.78, 5) is 9.60. The molecule has 0 saturated carbocycles. The van der Waals surface area contributed by atoms with Crippen LogP contribution in [0.25, 0.3) is 0 Å². The predicted molar refractivity (Wildman–Crippen MR) is 51.8 cm³/mol. The molecule has 0 atom stereocenters.